The van der Waals surface area contributed by atoms with Crippen molar-refractivity contribution in [2.45, 2.75) is 25.1 Å². The van der Waals surface area contributed by atoms with E-state index in [1.807, 2.05) is 0 Å². The first kappa shape index (κ1) is 15.4. The number of carbonyl (C=O) groups is 1. The molecule has 0 heterocycles. The van der Waals surface area contributed by atoms with Gasteiger partial charge in [0.2, 0.25) is 5.91 Å². The summed E-state index contributed by atoms with van der Waals surface area (Å²) in [5, 5.41) is 0.875. The molecule has 1 amide bonds. The van der Waals surface area contributed by atoms with Crippen LogP contribution < -0.4 is 5.32 Å². The number of benzene rings is 1. The molecule has 104 valence electrons. The maximum atomic E-state index is 11.5. The molecule has 0 bridgehead atoms. The maximum Gasteiger partial charge on any atom is 0.286 e. The molecule has 1 rings (SSSR count). The Balaban J connectivity index is 3.06. The summed E-state index contributed by atoms with van der Waals surface area (Å²) < 4.78 is 32.1. The van der Waals surface area contributed by atoms with E-state index in [-0.39, 0.29) is 5.57 Å². The van der Waals surface area contributed by atoms with Gasteiger partial charge in [-0.25, -0.2) is 0 Å². The largest absolute Gasteiger partial charge is 0.333 e. The summed E-state index contributed by atoms with van der Waals surface area (Å²) in [6.45, 7) is 6.51. The molecule has 0 aliphatic rings. The molecule has 0 saturated heterocycles. The molecular weight excluding hydrogens is 266 g/mol. The van der Waals surface area contributed by atoms with E-state index in [0.29, 0.717) is 5.56 Å². The Morgan fingerprint density at radius 3 is 2.26 bits per heavy atom. The number of hydrogen-bond acceptors (Lipinski definition) is 3. The first-order valence-electron chi connectivity index (χ1n) is 5.71. The number of rotatable bonds is 5. The number of carbonyl (C=O) groups excluding carboxylic acids is 1. The maximum absolute atomic E-state index is 11.5. The molecule has 2 atom stereocenters. The van der Waals surface area contributed by atoms with Crippen molar-refractivity contribution < 1.29 is 17.8 Å². The minimum atomic E-state index is -4.41. The summed E-state index contributed by atoms with van der Waals surface area (Å²) in [7, 11) is -4.41. The normalized spacial score (nSPS) is 14.5. The van der Waals surface area contributed by atoms with Crippen LogP contribution in [-0.4, -0.2) is 24.3 Å². The summed E-state index contributed by atoms with van der Waals surface area (Å²) in [5.41, 5.74) is 0.876. The minimum absolute atomic E-state index is 0.175. The van der Waals surface area contributed by atoms with E-state index in [9.17, 15) is 17.8 Å². The standard InChI is InChI=1S/C13H17NO4S/c1-9(2)12(15)14-13(19(16,17)18)10(3)11-7-5-4-6-8-11/h4-8,10,13H,1H2,2-3H3,(H,14,15)(H,16,17,18). The highest BCUT2D eigenvalue weighted by Crippen LogP contribution is 2.22. The SMILES string of the molecule is C=C(C)C(=O)NC(C(C)c1ccccc1)S(=O)(=O)O. The van der Waals surface area contributed by atoms with Crippen molar-refractivity contribution in [1.29, 1.82) is 0 Å². The Kier molecular flexibility index (Phi) is 4.85. The molecule has 2 unspecified atom stereocenters. The highest BCUT2D eigenvalue weighted by atomic mass is 32.2. The Hall–Kier alpha value is -1.66. The molecule has 2 N–H and O–H groups in total. The van der Waals surface area contributed by atoms with Crippen LogP contribution in [0.25, 0.3) is 0 Å². The first-order chi connectivity index (χ1) is 8.73. The quantitative estimate of drug-likeness (QED) is 0.636. The molecule has 19 heavy (non-hydrogen) atoms. The predicted octanol–water partition coefficient (Wildman–Crippen LogP) is 1.70. The smallest absolute Gasteiger partial charge is 0.286 e. The lowest BCUT2D eigenvalue weighted by Gasteiger charge is -2.22. The highest BCUT2D eigenvalue weighted by molar-refractivity contribution is 7.86. The fourth-order valence-electron chi connectivity index (χ4n) is 1.64. The van der Waals surface area contributed by atoms with Gasteiger partial charge in [-0.05, 0) is 12.5 Å². The van der Waals surface area contributed by atoms with Gasteiger partial charge in [-0.2, -0.15) is 8.42 Å². The van der Waals surface area contributed by atoms with Crippen LogP contribution in [0.4, 0.5) is 0 Å². The van der Waals surface area contributed by atoms with Gasteiger partial charge in [0.1, 0.15) is 0 Å². The van der Waals surface area contributed by atoms with E-state index in [1.54, 1.807) is 37.3 Å². The van der Waals surface area contributed by atoms with Gasteiger partial charge in [-0.1, -0.05) is 43.8 Å². The minimum Gasteiger partial charge on any atom is -0.333 e. The van der Waals surface area contributed by atoms with Crippen molar-refractivity contribution in [1.82, 2.24) is 5.32 Å². The third-order valence-corrected chi connectivity index (χ3v) is 3.93. The molecule has 0 aliphatic carbocycles. The van der Waals surface area contributed by atoms with E-state index in [4.69, 9.17) is 0 Å². The van der Waals surface area contributed by atoms with E-state index in [0.717, 1.165) is 0 Å². The third kappa shape index (κ3) is 4.18. The summed E-state index contributed by atoms with van der Waals surface area (Å²) >= 11 is 0. The van der Waals surface area contributed by atoms with Crippen molar-refractivity contribution in [2.75, 3.05) is 0 Å². The van der Waals surface area contributed by atoms with Crippen LogP contribution in [-0.2, 0) is 14.9 Å². The van der Waals surface area contributed by atoms with E-state index in [1.165, 1.54) is 6.92 Å². The second kappa shape index (κ2) is 5.99. The zero-order valence-corrected chi connectivity index (χ0v) is 11.6. The number of hydrogen-bond donors (Lipinski definition) is 2. The van der Waals surface area contributed by atoms with Gasteiger partial charge in [-0.15, -0.1) is 0 Å². The van der Waals surface area contributed by atoms with E-state index >= 15 is 0 Å². The molecule has 0 saturated carbocycles. The Morgan fingerprint density at radius 2 is 1.84 bits per heavy atom. The molecule has 1 aromatic carbocycles. The summed E-state index contributed by atoms with van der Waals surface area (Å²) in [6.07, 6.45) is 0. The zero-order valence-electron chi connectivity index (χ0n) is 10.8. The van der Waals surface area contributed by atoms with Crippen LogP contribution in [0.15, 0.2) is 42.5 Å². The van der Waals surface area contributed by atoms with Gasteiger partial charge in [0.25, 0.3) is 10.1 Å². The molecular formula is C13H17NO4S. The van der Waals surface area contributed by atoms with Crippen LogP contribution in [0.3, 0.4) is 0 Å². The molecule has 6 heteroatoms. The summed E-state index contributed by atoms with van der Waals surface area (Å²) in [6, 6.07) is 8.78. The molecule has 0 aromatic heterocycles. The first-order valence-corrected chi connectivity index (χ1v) is 7.21. The molecule has 0 spiro atoms. The monoisotopic (exact) mass is 283 g/mol. The van der Waals surface area contributed by atoms with Crippen LogP contribution >= 0.6 is 0 Å². The summed E-state index contributed by atoms with van der Waals surface area (Å²) in [4.78, 5) is 11.5. The van der Waals surface area contributed by atoms with E-state index in [2.05, 4.69) is 11.9 Å². The van der Waals surface area contributed by atoms with Crippen LogP contribution in [0.1, 0.15) is 25.3 Å². The Morgan fingerprint density at radius 1 is 1.32 bits per heavy atom. The predicted molar refractivity (Wildman–Crippen MR) is 73.2 cm³/mol. The lowest BCUT2D eigenvalue weighted by Crippen LogP contribution is -2.44. The molecule has 1 aromatic rings. The average molecular weight is 283 g/mol. The zero-order chi connectivity index (χ0) is 14.6. The van der Waals surface area contributed by atoms with Crippen molar-refractivity contribution in [3.8, 4) is 0 Å². The molecule has 5 nitrogen and oxygen atoms in total. The van der Waals surface area contributed by atoms with Crippen molar-refractivity contribution in [2.24, 2.45) is 0 Å². The lowest BCUT2D eigenvalue weighted by molar-refractivity contribution is -0.117. The van der Waals surface area contributed by atoms with Crippen molar-refractivity contribution >= 4 is 16.0 Å². The molecule has 0 aliphatic heterocycles. The van der Waals surface area contributed by atoms with Crippen LogP contribution in [0.5, 0.6) is 0 Å². The van der Waals surface area contributed by atoms with Gasteiger partial charge in [0, 0.05) is 11.5 Å². The number of amides is 1. The lowest BCUT2D eigenvalue weighted by atomic mass is 10.0. The van der Waals surface area contributed by atoms with Crippen molar-refractivity contribution in [3.63, 3.8) is 0 Å². The van der Waals surface area contributed by atoms with Gasteiger partial charge in [0.05, 0.1) is 0 Å². The van der Waals surface area contributed by atoms with Gasteiger partial charge < -0.3 is 5.32 Å². The second-order valence-electron chi connectivity index (χ2n) is 4.39. The van der Waals surface area contributed by atoms with Crippen LogP contribution in [0.2, 0.25) is 0 Å². The Bertz CT molecular complexity index is 566. The second-order valence-corrected chi connectivity index (χ2v) is 5.93. The fourth-order valence-corrected chi connectivity index (χ4v) is 2.57. The van der Waals surface area contributed by atoms with Gasteiger partial charge in [-0.3, -0.25) is 9.35 Å². The van der Waals surface area contributed by atoms with E-state index < -0.39 is 27.3 Å². The summed E-state index contributed by atoms with van der Waals surface area (Å²) in [5.74, 6) is -1.19. The van der Waals surface area contributed by atoms with Gasteiger partial charge in [0.15, 0.2) is 5.37 Å². The average Bonchev–Trinajstić information content (AvgIpc) is 2.34. The van der Waals surface area contributed by atoms with Crippen LogP contribution in [0, 0.1) is 0 Å². The van der Waals surface area contributed by atoms with Gasteiger partial charge >= 0.3 is 0 Å². The highest BCUT2D eigenvalue weighted by Gasteiger charge is 2.31. The topological polar surface area (TPSA) is 83.5 Å². The fraction of sp³-hybridized carbons (Fsp3) is 0.308. The molecule has 0 radical (unpaired) electrons. The van der Waals surface area contributed by atoms with Crippen molar-refractivity contribution in [3.05, 3.63) is 48.0 Å². The third-order valence-electron chi connectivity index (χ3n) is 2.76. The Labute approximate surface area is 113 Å². The number of nitrogens with one attached hydrogen (secondary N) is 1. The molecule has 0 fully saturated rings.